The van der Waals surface area contributed by atoms with Crippen LogP contribution in [0.4, 0.5) is 0 Å². The molecule has 0 saturated carbocycles. The Morgan fingerprint density at radius 2 is 1.87 bits per heavy atom. The molecule has 1 N–H and O–H groups in total. The molecule has 0 bridgehead atoms. The topological polar surface area (TPSA) is 47.6 Å². The highest BCUT2D eigenvalue weighted by Crippen LogP contribution is 2.34. The number of amides is 1. The Hall–Kier alpha value is -2.49. The van der Waals surface area contributed by atoms with Gasteiger partial charge in [0.1, 0.15) is 0 Å². The van der Waals surface area contributed by atoms with Crippen molar-refractivity contribution in [2.75, 3.05) is 6.79 Å². The molecule has 0 fully saturated rings. The minimum Gasteiger partial charge on any atom is -0.454 e. The summed E-state index contributed by atoms with van der Waals surface area (Å²) in [6, 6.07) is 14.0. The summed E-state index contributed by atoms with van der Waals surface area (Å²) >= 11 is 0. The number of ether oxygens (including phenoxy) is 2. The molecule has 0 aromatic heterocycles. The number of hydrogen-bond acceptors (Lipinski definition) is 3. The molecule has 1 atom stereocenters. The molecular weight excluding hydrogens is 290 g/mol. The smallest absolute Gasteiger partial charge is 0.231 e. The summed E-state index contributed by atoms with van der Waals surface area (Å²) in [5, 5.41) is 3.03. The maximum atomic E-state index is 12.1. The quantitative estimate of drug-likeness (QED) is 0.919. The third-order valence-electron chi connectivity index (χ3n) is 4.04. The molecule has 0 radical (unpaired) electrons. The molecule has 0 aliphatic carbocycles. The summed E-state index contributed by atoms with van der Waals surface area (Å²) in [6.45, 7) is 4.29. The summed E-state index contributed by atoms with van der Waals surface area (Å²) in [6.07, 6.45) is 1.23. The minimum absolute atomic E-state index is 0.0516. The Morgan fingerprint density at radius 1 is 1.13 bits per heavy atom. The van der Waals surface area contributed by atoms with Crippen LogP contribution >= 0.6 is 0 Å². The van der Waals surface area contributed by atoms with Gasteiger partial charge in [0.2, 0.25) is 12.7 Å². The van der Waals surface area contributed by atoms with Gasteiger partial charge < -0.3 is 14.8 Å². The van der Waals surface area contributed by atoms with Crippen LogP contribution in [-0.4, -0.2) is 12.7 Å². The predicted octanol–water partition coefficient (Wildman–Crippen LogP) is 3.53. The molecule has 1 unspecified atom stereocenters. The van der Waals surface area contributed by atoms with Crippen molar-refractivity contribution < 1.29 is 14.3 Å². The van der Waals surface area contributed by atoms with E-state index in [1.807, 2.05) is 25.1 Å². The fourth-order valence-corrected chi connectivity index (χ4v) is 2.59. The lowest BCUT2D eigenvalue weighted by molar-refractivity contribution is -0.121. The number of carbonyl (C=O) groups is 1. The number of rotatable bonds is 5. The molecule has 1 heterocycles. The van der Waals surface area contributed by atoms with E-state index in [0.717, 1.165) is 23.5 Å². The summed E-state index contributed by atoms with van der Waals surface area (Å²) in [5.41, 5.74) is 3.43. The SMILES string of the molecule is Cc1ccc(CCC(=O)NC(C)c2ccc3c(c2)OCO3)cc1. The molecule has 4 heteroatoms. The number of nitrogens with one attached hydrogen (secondary N) is 1. The monoisotopic (exact) mass is 311 g/mol. The first kappa shape index (κ1) is 15.4. The molecule has 1 aliphatic rings. The van der Waals surface area contributed by atoms with Crippen LogP contribution in [0.1, 0.15) is 36.1 Å². The van der Waals surface area contributed by atoms with Gasteiger partial charge in [0.05, 0.1) is 6.04 Å². The summed E-state index contributed by atoms with van der Waals surface area (Å²) in [5.74, 6) is 1.55. The van der Waals surface area contributed by atoms with Gasteiger partial charge in [0.15, 0.2) is 11.5 Å². The van der Waals surface area contributed by atoms with Crippen molar-refractivity contribution in [1.29, 1.82) is 0 Å². The van der Waals surface area contributed by atoms with E-state index in [4.69, 9.17) is 9.47 Å². The highest BCUT2D eigenvalue weighted by molar-refractivity contribution is 5.76. The Bertz CT molecular complexity index is 694. The van der Waals surface area contributed by atoms with E-state index in [-0.39, 0.29) is 18.7 Å². The molecule has 2 aromatic carbocycles. The number of hydrogen-bond donors (Lipinski definition) is 1. The third-order valence-corrected chi connectivity index (χ3v) is 4.04. The van der Waals surface area contributed by atoms with E-state index < -0.39 is 0 Å². The van der Waals surface area contributed by atoms with Crippen molar-refractivity contribution in [3.05, 3.63) is 59.2 Å². The van der Waals surface area contributed by atoms with E-state index in [1.165, 1.54) is 11.1 Å². The van der Waals surface area contributed by atoms with E-state index in [9.17, 15) is 4.79 Å². The Kier molecular flexibility index (Phi) is 4.51. The zero-order valence-electron chi connectivity index (χ0n) is 13.5. The molecule has 1 amide bonds. The number of fused-ring (bicyclic) bond motifs is 1. The zero-order chi connectivity index (χ0) is 16.2. The second-order valence-electron chi connectivity index (χ2n) is 5.89. The number of aryl methyl sites for hydroxylation is 2. The van der Waals surface area contributed by atoms with Crippen LogP contribution in [0.15, 0.2) is 42.5 Å². The lowest BCUT2D eigenvalue weighted by Crippen LogP contribution is -2.26. The van der Waals surface area contributed by atoms with Crippen molar-refractivity contribution in [2.45, 2.75) is 32.7 Å². The number of carbonyl (C=O) groups excluding carboxylic acids is 1. The van der Waals surface area contributed by atoms with Crippen LogP contribution in [0.5, 0.6) is 11.5 Å². The third kappa shape index (κ3) is 3.83. The van der Waals surface area contributed by atoms with Gasteiger partial charge in [-0.3, -0.25) is 4.79 Å². The van der Waals surface area contributed by atoms with Gasteiger partial charge in [0.25, 0.3) is 0 Å². The zero-order valence-corrected chi connectivity index (χ0v) is 13.5. The second-order valence-corrected chi connectivity index (χ2v) is 5.89. The molecule has 23 heavy (non-hydrogen) atoms. The first-order valence-electron chi connectivity index (χ1n) is 7.86. The molecular formula is C19H21NO3. The van der Waals surface area contributed by atoms with Crippen molar-refractivity contribution in [3.63, 3.8) is 0 Å². The van der Waals surface area contributed by atoms with E-state index in [0.29, 0.717) is 6.42 Å². The first-order valence-corrected chi connectivity index (χ1v) is 7.86. The van der Waals surface area contributed by atoms with Crippen molar-refractivity contribution >= 4 is 5.91 Å². The Morgan fingerprint density at radius 3 is 2.65 bits per heavy atom. The van der Waals surface area contributed by atoms with Gasteiger partial charge in [-0.25, -0.2) is 0 Å². The largest absolute Gasteiger partial charge is 0.454 e. The highest BCUT2D eigenvalue weighted by atomic mass is 16.7. The summed E-state index contributed by atoms with van der Waals surface area (Å²) in [4.78, 5) is 12.1. The fraction of sp³-hybridized carbons (Fsp3) is 0.316. The van der Waals surface area contributed by atoms with Crippen LogP contribution in [-0.2, 0) is 11.2 Å². The van der Waals surface area contributed by atoms with Gasteiger partial charge in [0, 0.05) is 6.42 Å². The lowest BCUT2D eigenvalue weighted by atomic mass is 10.1. The average Bonchev–Trinajstić information content (AvgIpc) is 3.02. The van der Waals surface area contributed by atoms with Crippen LogP contribution in [0.2, 0.25) is 0 Å². The first-order chi connectivity index (χ1) is 11.1. The summed E-state index contributed by atoms with van der Waals surface area (Å²) < 4.78 is 10.7. The molecule has 3 rings (SSSR count). The Labute approximate surface area is 136 Å². The van der Waals surface area contributed by atoms with Gasteiger partial charge in [-0.2, -0.15) is 0 Å². The van der Waals surface area contributed by atoms with E-state index in [1.54, 1.807) is 0 Å². The van der Waals surface area contributed by atoms with E-state index >= 15 is 0 Å². The Balaban J connectivity index is 1.54. The minimum atomic E-state index is -0.0602. The van der Waals surface area contributed by atoms with Gasteiger partial charge in [-0.05, 0) is 43.5 Å². The van der Waals surface area contributed by atoms with Gasteiger partial charge >= 0.3 is 0 Å². The van der Waals surface area contributed by atoms with Crippen molar-refractivity contribution in [2.24, 2.45) is 0 Å². The van der Waals surface area contributed by atoms with Crippen molar-refractivity contribution in [3.8, 4) is 11.5 Å². The maximum Gasteiger partial charge on any atom is 0.231 e. The molecule has 0 saturated heterocycles. The lowest BCUT2D eigenvalue weighted by Gasteiger charge is -2.15. The highest BCUT2D eigenvalue weighted by Gasteiger charge is 2.16. The normalized spacial score (nSPS) is 13.7. The standard InChI is InChI=1S/C19H21NO3/c1-13-3-5-15(6-4-13)7-10-19(21)20-14(2)16-8-9-17-18(11-16)23-12-22-17/h3-6,8-9,11,14H,7,10,12H2,1-2H3,(H,20,21). The second kappa shape index (κ2) is 6.73. The summed E-state index contributed by atoms with van der Waals surface area (Å²) in [7, 11) is 0. The van der Waals surface area contributed by atoms with E-state index in [2.05, 4.69) is 36.5 Å². The average molecular weight is 311 g/mol. The number of benzene rings is 2. The van der Waals surface area contributed by atoms with Crippen LogP contribution in [0, 0.1) is 6.92 Å². The van der Waals surface area contributed by atoms with Crippen LogP contribution in [0.3, 0.4) is 0 Å². The van der Waals surface area contributed by atoms with Gasteiger partial charge in [-0.1, -0.05) is 35.9 Å². The molecule has 2 aromatic rings. The molecule has 4 nitrogen and oxygen atoms in total. The van der Waals surface area contributed by atoms with Crippen LogP contribution < -0.4 is 14.8 Å². The fourth-order valence-electron chi connectivity index (χ4n) is 2.59. The maximum absolute atomic E-state index is 12.1. The molecule has 0 spiro atoms. The molecule has 120 valence electrons. The predicted molar refractivity (Wildman–Crippen MR) is 88.6 cm³/mol. The van der Waals surface area contributed by atoms with Crippen molar-refractivity contribution in [1.82, 2.24) is 5.32 Å². The van der Waals surface area contributed by atoms with Crippen LogP contribution in [0.25, 0.3) is 0 Å². The molecule has 1 aliphatic heterocycles. The van der Waals surface area contributed by atoms with Gasteiger partial charge in [-0.15, -0.1) is 0 Å².